The second kappa shape index (κ2) is 5.16. The molecule has 4 heteroatoms. The van der Waals surface area contributed by atoms with Gasteiger partial charge in [0.25, 0.3) is 0 Å². The molecule has 0 aromatic carbocycles. The van der Waals surface area contributed by atoms with E-state index >= 15 is 0 Å². The van der Waals surface area contributed by atoms with E-state index in [9.17, 15) is 13.2 Å². The molecule has 2 bridgehead atoms. The second-order valence-corrected chi connectivity index (χ2v) is 8.40. The van der Waals surface area contributed by atoms with Gasteiger partial charge in [0.05, 0.1) is 10.5 Å². The molecule has 2 heterocycles. The summed E-state index contributed by atoms with van der Waals surface area (Å²) >= 11 is 0. The molecule has 2 aliphatic rings. The van der Waals surface area contributed by atoms with E-state index in [2.05, 4.69) is 0 Å². The Hall–Kier alpha value is -0.640. The first kappa shape index (κ1) is 13.8. The van der Waals surface area contributed by atoms with Gasteiger partial charge in [-0.15, -0.1) is 0 Å². The van der Waals surface area contributed by atoms with E-state index in [1.165, 1.54) is 0 Å². The highest BCUT2D eigenvalue weighted by Gasteiger charge is 2.45. The van der Waals surface area contributed by atoms with Crippen molar-refractivity contribution in [3.63, 3.8) is 0 Å². The van der Waals surface area contributed by atoms with Crippen molar-refractivity contribution in [1.29, 1.82) is 0 Å². The molecule has 102 valence electrons. The molecule has 0 radical (unpaired) electrons. The number of allylic oxidation sites excluding steroid dienone is 2. The monoisotopic (exact) mass is 270 g/mol. The van der Waals surface area contributed by atoms with Crippen LogP contribution in [0.2, 0.25) is 0 Å². The van der Waals surface area contributed by atoms with Crippen molar-refractivity contribution in [1.82, 2.24) is 0 Å². The van der Waals surface area contributed by atoms with Crippen LogP contribution >= 0.6 is 0 Å². The molecule has 2 fully saturated rings. The number of fused-ring (bicyclic) bond motifs is 2. The Balaban J connectivity index is 2.06. The number of carbonyl (C=O) groups is 1. The molecular weight excluding hydrogens is 248 g/mol. The van der Waals surface area contributed by atoms with Gasteiger partial charge in [0.1, 0.15) is 5.78 Å². The Kier molecular flexibility index (Phi) is 3.95. The fourth-order valence-electron chi connectivity index (χ4n) is 3.14. The molecule has 0 aliphatic carbocycles. The lowest BCUT2D eigenvalue weighted by molar-refractivity contribution is -0.122. The molecule has 2 atom stereocenters. The molecule has 0 spiro atoms. The summed E-state index contributed by atoms with van der Waals surface area (Å²) < 4.78 is 24.2. The van der Waals surface area contributed by atoms with Crippen LogP contribution in [0.1, 0.15) is 52.4 Å². The third-order valence-corrected chi connectivity index (χ3v) is 6.96. The first-order chi connectivity index (χ1) is 8.41. The van der Waals surface area contributed by atoms with E-state index in [1.54, 1.807) is 0 Å². The van der Waals surface area contributed by atoms with Gasteiger partial charge in [0.2, 0.25) is 0 Å². The van der Waals surface area contributed by atoms with Crippen molar-refractivity contribution >= 4 is 15.6 Å². The van der Waals surface area contributed by atoms with Gasteiger partial charge in [-0.05, 0) is 39.5 Å². The second-order valence-electron chi connectivity index (χ2n) is 5.88. The van der Waals surface area contributed by atoms with Crippen molar-refractivity contribution in [2.45, 2.75) is 62.9 Å². The maximum absolute atomic E-state index is 12.1. The molecule has 3 nitrogen and oxygen atoms in total. The number of sulfone groups is 1. The van der Waals surface area contributed by atoms with E-state index in [4.69, 9.17) is 0 Å². The highest BCUT2D eigenvalue weighted by atomic mass is 32.2. The third kappa shape index (κ3) is 2.68. The lowest BCUT2D eigenvalue weighted by atomic mass is 9.85. The van der Waals surface area contributed by atoms with E-state index in [0.717, 1.165) is 24.8 Å². The molecule has 2 unspecified atom stereocenters. The highest BCUT2D eigenvalue weighted by Crippen LogP contribution is 2.39. The summed E-state index contributed by atoms with van der Waals surface area (Å²) in [5, 5.41) is -0.490. The first-order valence-electron chi connectivity index (χ1n) is 6.80. The van der Waals surface area contributed by atoms with Gasteiger partial charge in [-0.2, -0.15) is 0 Å². The van der Waals surface area contributed by atoms with Gasteiger partial charge in [0.15, 0.2) is 9.84 Å². The Morgan fingerprint density at radius 1 is 1.17 bits per heavy atom. The number of ketones is 1. The van der Waals surface area contributed by atoms with Crippen LogP contribution in [0.3, 0.4) is 0 Å². The summed E-state index contributed by atoms with van der Waals surface area (Å²) in [5.41, 5.74) is 1.15. The molecule has 2 saturated heterocycles. The fraction of sp³-hybridized carbons (Fsp3) is 0.786. The Morgan fingerprint density at radius 2 is 1.72 bits per heavy atom. The minimum Gasteiger partial charge on any atom is -0.299 e. The van der Waals surface area contributed by atoms with Gasteiger partial charge >= 0.3 is 0 Å². The zero-order valence-corrected chi connectivity index (χ0v) is 12.0. The van der Waals surface area contributed by atoms with Crippen molar-refractivity contribution in [3.8, 4) is 0 Å². The minimum atomic E-state index is -2.93. The van der Waals surface area contributed by atoms with Crippen molar-refractivity contribution in [2.75, 3.05) is 0 Å². The first-order valence-corrected chi connectivity index (χ1v) is 8.41. The number of rotatable bonds is 3. The molecule has 0 aromatic heterocycles. The summed E-state index contributed by atoms with van der Waals surface area (Å²) in [5.74, 6) is 0.197. The summed E-state index contributed by atoms with van der Waals surface area (Å²) in [7, 11) is -2.93. The van der Waals surface area contributed by atoms with Crippen LogP contribution in [-0.4, -0.2) is 24.7 Å². The lowest BCUT2D eigenvalue weighted by Crippen LogP contribution is -2.45. The molecule has 2 rings (SSSR count). The molecule has 2 aliphatic heterocycles. The number of carbonyl (C=O) groups excluding carboxylic acids is 1. The predicted molar refractivity (Wildman–Crippen MR) is 72.1 cm³/mol. The number of Topliss-reactive ketones (excluding diaryl/α,β-unsaturated/α-hetero) is 1. The molecule has 0 amide bonds. The van der Waals surface area contributed by atoms with Gasteiger partial charge in [-0.3, -0.25) is 4.79 Å². The third-order valence-electron chi connectivity index (χ3n) is 4.24. The van der Waals surface area contributed by atoms with Crippen LogP contribution < -0.4 is 0 Å². The van der Waals surface area contributed by atoms with Crippen LogP contribution in [0.15, 0.2) is 11.6 Å². The largest absolute Gasteiger partial charge is 0.299 e. The van der Waals surface area contributed by atoms with Crippen LogP contribution in [0.5, 0.6) is 0 Å². The maximum atomic E-state index is 12.1. The minimum absolute atomic E-state index is 0.0283. The smallest absolute Gasteiger partial charge is 0.156 e. The standard InChI is InChI=1S/C14H22O3S/c1-10(2)6-7-14(15)11-8-12-4-3-5-13(9-11)18(12,16)17/h6,11-13H,3-5,7-9H2,1-2H3. The van der Waals surface area contributed by atoms with E-state index in [0.29, 0.717) is 19.3 Å². The summed E-state index contributed by atoms with van der Waals surface area (Å²) in [6, 6.07) is 0. The molecule has 0 saturated carbocycles. The number of hydrogen-bond donors (Lipinski definition) is 0. The molecule has 18 heavy (non-hydrogen) atoms. The molecule has 0 N–H and O–H groups in total. The highest BCUT2D eigenvalue weighted by molar-refractivity contribution is 7.92. The van der Waals surface area contributed by atoms with Gasteiger partial charge in [-0.25, -0.2) is 8.42 Å². The Labute approximate surface area is 110 Å². The predicted octanol–water partition coefficient (Wildman–Crippen LogP) is 2.66. The van der Waals surface area contributed by atoms with Crippen molar-refractivity contribution in [3.05, 3.63) is 11.6 Å². The number of hydrogen-bond acceptors (Lipinski definition) is 3. The van der Waals surface area contributed by atoms with Crippen LogP contribution in [0.4, 0.5) is 0 Å². The summed E-state index contributed by atoms with van der Waals surface area (Å²) in [6.07, 6.45) is 6.05. The summed E-state index contributed by atoms with van der Waals surface area (Å²) in [4.78, 5) is 12.1. The van der Waals surface area contributed by atoms with E-state index < -0.39 is 9.84 Å². The average Bonchev–Trinajstić information content (AvgIpc) is 2.24. The van der Waals surface area contributed by atoms with Gasteiger partial charge in [0, 0.05) is 12.3 Å². The topological polar surface area (TPSA) is 51.2 Å². The zero-order chi connectivity index (χ0) is 13.3. The normalized spacial score (nSPS) is 33.8. The van der Waals surface area contributed by atoms with E-state index in [-0.39, 0.29) is 22.2 Å². The van der Waals surface area contributed by atoms with Crippen LogP contribution in [0, 0.1) is 5.92 Å². The Morgan fingerprint density at radius 3 is 2.22 bits per heavy atom. The summed E-state index contributed by atoms with van der Waals surface area (Å²) in [6.45, 7) is 3.96. The van der Waals surface area contributed by atoms with E-state index in [1.807, 2.05) is 19.9 Å². The lowest BCUT2D eigenvalue weighted by Gasteiger charge is -2.38. The van der Waals surface area contributed by atoms with Crippen LogP contribution in [-0.2, 0) is 14.6 Å². The quantitative estimate of drug-likeness (QED) is 0.741. The zero-order valence-electron chi connectivity index (χ0n) is 11.2. The average molecular weight is 270 g/mol. The van der Waals surface area contributed by atoms with Crippen molar-refractivity contribution in [2.24, 2.45) is 5.92 Å². The van der Waals surface area contributed by atoms with Crippen molar-refractivity contribution < 1.29 is 13.2 Å². The Bertz CT molecular complexity index is 437. The van der Waals surface area contributed by atoms with Crippen LogP contribution in [0.25, 0.3) is 0 Å². The molecule has 0 aromatic rings. The van der Waals surface area contributed by atoms with Gasteiger partial charge in [-0.1, -0.05) is 18.1 Å². The maximum Gasteiger partial charge on any atom is 0.156 e. The molecular formula is C14H22O3S. The fourth-order valence-corrected chi connectivity index (χ4v) is 5.68. The van der Waals surface area contributed by atoms with Gasteiger partial charge < -0.3 is 0 Å². The SMILES string of the molecule is CC(C)=CCC(=O)C1CC2CCCC(C1)S2(=O)=O.